The molecular weight excluding hydrogens is 266 g/mol. The quantitative estimate of drug-likeness (QED) is 0.653. The molecule has 2 N–H and O–H groups in total. The summed E-state index contributed by atoms with van der Waals surface area (Å²) < 4.78 is 1.91. The third-order valence-electron chi connectivity index (χ3n) is 3.24. The second-order valence-electron chi connectivity index (χ2n) is 4.78. The zero-order chi connectivity index (χ0) is 15.2. The number of hydrogen-bond donors (Lipinski definition) is 2. The first-order valence-corrected chi connectivity index (χ1v) is 6.85. The molecular formula is C16H19N3O2. The van der Waals surface area contributed by atoms with Gasteiger partial charge in [0.1, 0.15) is 5.75 Å². The Hall–Kier alpha value is -2.56. The largest absolute Gasteiger partial charge is 0.508 e. The van der Waals surface area contributed by atoms with Gasteiger partial charge in [-0.25, -0.2) is 5.43 Å². The maximum atomic E-state index is 11.9. The molecule has 2 aromatic rings. The average Bonchev–Trinajstić information content (AvgIpc) is 2.87. The lowest BCUT2D eigenvalue weighted by Gasteiger charge is -2.06. The Kier molecular flexibility index (Phi) is 4.77. The molecule has 0 spiro atoms. The highest BCUT2D eigenvalue weighted by Gasteiger charge is 2.06. The van der Waals surface area contributed by atoms with Crippen molar-refractivity contribution in [3.05, 3.63) is 53.9 Å². The molecule has 0 saturated heterocycles. The summed E-state index contributed by atoms with van der Waals surface area (Å²) in [6.45, 7) is 1.97. The normalized spacial score (nSPS) is 11.4. The van der Waals surface area contributed by atoms with Crippen LogP contribution in [-0.4, -0.2) is 21.3 Å². The van der Waals surface area contributed by atoms with E-state index in [1.165, 1.54) is 0 Å². The number of carbonyl (C=O) groups is 1. The zero-order valence-electron chi connectivity index (χ0n) is 12.2. The molecule has 0 radical (unpaired) electrons. The second-order valence-corrected chi connectivity index (χ2v) is 4.78. The summed E-state index contributed by atoms with van der Waals surface area (Å²) in [4.78, 5) is 11.9. The van der Waals surface area contributed by atoms with Gasteiger partial charge in [0.05, 0.1) is 12.1 Å². The second kappa shape index (κ2) is 6.74. The average molecular weight is 285 g/mol. The van der Waals surface area contributed by atoms with Gasteiger partial charge >= 0.3 is 0 Å². The summed E-state index contributed by atoms with van der Waals surface area (Å²) in [5.74, 6) is 0.0588. The standard InChI is InChI=1S/C16H19N3O2/c1-3-15(12-6-8-14(20)9-7-12)17-18-16(21)11-13-5-4-10-19(13)2/h4-10,20H,3,11H2,1-2H3,(H,18,21)/b17-15+. The van der Waals surface area contributed by atoms with E-state index in [4.69, 9.17) is 0 Å². The number of nitrogens with zero attached hydrogens (tertiary/aromatic N) is 2. The first kappa shape index (κ1) is 14.8. The maximum Gasteiger partial charge on any atom is 0.246 e. The Morgan fingerprint density at radius 1 is 1.29 bits per heavy atom. The Bertz CT molecular complexity index is 642. The van der Waals surface area contributed by atoms with Crippen LogP contribution in [0.5, 0.6) is 5.75 Å². The van der Waals surface area contributed by atoms with Crippen molar-refractivity contribution in [3.63, 3.8) is 0 Å². The monoisotopic (exact) mass is 285 g/mol. The molecule has 5 heteroatoms. The van der Waals surface area contributed by atoms with Crippen LogP contribution in [0.25, 0.3) is 0 Å². The van der Waals surface area contributed by atoms with Crippen LogP contribution in [-0.2, 0) is 18.3 Å². The summed E-state index contributed by atoms with van der Waals surface area (Å²) in [5.41, 5.74) is 5.18. The molecule has 110 valence electrons. The smallest absolute Gasteiger partial charge is 0.246 e. The van der Waals surface area contributed by atoms with Crippen molar-refractivity contribution in [1.82, 2.24) is 9.99 Å². The number of phenolic OH excluding ortho intramolecular Hbond substituents is 1. The van der Waals surface area contributed by atoms with Crippen molar-refractivity contribution in [2.24, 2.45) is 12.1 Å². The highest BCUT2D eigenvalue weighted by Crippen LogP contribution is 2.11. The fourth-order valence-corrected chi connectivity index (χ4v) is 2.02. The number of aromatic hydroxyl groups is 1. The van der Waals surface area contributed by atoms with Gasteiger partial charge in [0, 0.05) is 18.9 Å². The molecule has 0 unspecified atom stereocenters. The first-order chi connectivity index (χ1) is 10.1. The van der Waals surface area contributed by atoms with Crippen LogP contribution in [0.15, 0.2) is 47.7 Å². The minimum absolute atomic E-state index is 0.151. The van der Waals surface area contributed by atoms with E-state index in [9.17, 15) is 9.90 Å². The van der Waals surface area contributed by atoms with E-state index in [0.29, 0.717) is 12.8 Å². The molecule has 1 amide bonds. The van der Waals surface area contributed by atoms with E-state index in [1.54, 1.807) is 24.3 Å². The molecule has 0 aliphatic heterocycles. The highest BCUT2D eigenvalue weighted by atomic mass is 16.3. The molecule has 0 aliphatic rings. The van der Waals surface area contributed by atoms with E-state index in [2.05, 4.69) is 10.5 Å². The molecule has 21 heavy (non-hydrogen) atoms. The number of nitrogens with one attached hydrogen (secondary N) is 1. The number of rotatable bonds is 5. The molecule has 0 atom stereocenters. The van der Waals surface area contributed by atoms with Crippen molar-refractivity contribution < 1.29 is 9.90 Å². The van der Waals surface area contributed by atoms with Crippen LogP contribution in [0, 0.1) is 0 Å². The van der Waals surface area contributed by atoms with Crippen LogP contribution < -0.4 is 5.43 Å². The summed E-state index contributed by atoms with van der Waals surface area (Å²) in [5, 5.41) is 13.5. The van der Waals surface area contributed by atoms with E-state index in [1.807, 2.05) is 36.9 Å². The Morgan fingerprint density at radius 2 is 2.00 bits per heavy atom. The van der Waals surface area contributed by atoms with Gasteiger partial charge < -0.3 is 9.67 Å². The van der Waals surface area contributed by atoms with Crippen LogP contribution in [0.4, 0.5) is 0 Å². The van der Waals surface area contributed by atoms with Crippen LogP contribution in [0.2, 0.25) is 0 Å². The number of carbonyl (C=O) groups excluding carboxylic acids is 1. The fourth-order valence-electron chi connectivity index (χ4n) is 2.02. The molecule has 1 aromatic carbocycles. The van der Waals surface area contributed by atoms with E-state index >= 15 is 0 Å². The number of hydrogen-bond acceptors (Lipinski definition) is 3. The lowest BCUT2D eigenvalue weighted by molar-refractivity contribution is -0.120. The first-order valence-electron chi connectivity index (χ1n) is 6.85. The molecule has 0 fully saturated rings. The Balaban J connectivity index is 2.02. The van der Waals surface area contributed by atoms with Crippen LogP contribution >= 0.6 is 0 Å². The SMILES string of the molecule is CC/C(=N\NC(=O)Cc1cccn1C)c1ccc(O)cc1. The lowest BCUT2D eigenvalue weighted by Crippen LogP contribution is -2.22. The molecule has 2 rings (SSSR count). The van der Waals surface area contributed by atoms with Crippen molar-refractivity contribution in [2.75, 3.05) is 0 Å². The van der Waals surface area contributed by atoms with Gasteiger partial charge in [0.2, 0.25) is 5.91 Å². The van der Waals surface area contributed by atoms with Crippen molar-refractivity contribution in [2.45, 2.75) is 19.8 Å². The molecule has 0 aliphatic carbocycles. The predicted molar refractivity (Wildman–Crippen MR) is 82.2 cm³/mol. The van der Waals surface area contributed by atoms with Crippen LogP contribution in [0.3, 0.4) is 0 Å². The number of aryl methyl sites for hydroxylation is 1. The molecule has 1 heterocycles. The van der Waals surface area contributed by atoms with Crippen molar-refractivity contribution in [3.8, 4) is 5.75 Å². The molecule has 0 bridgehead atoms. The third kappa shape index (κ3) is 3.95. The number of phenols is 1. The highest BCUT2D eigenvalue weighted by molar-refractivity contribution is 6.01. The van der Waals surface area contributed by atoms with Gasteiger partial charge in [-0.15, -0.1) is 0 Å². The number of amides is 1. The molecule has 1 aromatic heterocycles. The minimum atomic E-state index is -0.151. The van der Waals surface area contributed by atoms with Gasteiger partial charge in [0.15, 0.2) is 0 Å². The van der Waals surface area contributed by atoms with Gasteiger partial charge in [-0.3, -0.25) is 4.79 Å². The fraction of sp³-hybridized carbons (Fsp3) is 0.250. The summed E-state index contributed by atoms with van der Waals surface area (Å²) in [7, 11) is 1.90. The van der Waals surface area contributed by atoms with Crippen molar-refractivity contribution in [1.29, 1.82) is 0 Å². The Labute approximate surface area is 123 Å². The third-order valence-corrected chi connectivity index (χ3v) is 3.24. The molecule has 0 saturated carbocycles. The van der Waals surface area contributed by atoms with Gasteiger partial charge in [-0.05, 0) is 48.4 Å². The summed E-state index contributed by atoms with van der Waals surface area (Å²) in [6, 6.07) is 10.6. The van der Waals surface area contributed by atoms with E-state index in [0.717, 1.165) is 17.0 Å². The van der Waals surface area contributed by atoms with E-state index in [-0.39, 0.29) is 11.7 Å². The number of hydrazone groups is 1. The Morgan fingerprint density at radius 3 is 2.57 bits per heavy atom. The topological polar surface area (TPSA) is 66.6 Å². The minimum Gasteiger partial charge on any atom is -0.508 e. The van der Waals surface area contributed by atoms with Gasteiger partial charge in [0.25, 0.3) is 0 Å². The zero-order valence-corrected chi connectivity index (χ0v) is 12.2. The van der Waals surface area contributed by atoms with E-state index < -0.39 is 0 Å². The number of aromatic nitrogens is 1. The lowest BCUT2D eigenvalue weighted by atomic mass is 10.1. The van der Waals surface area contributed by atoms with Gasteiger partial charge in [-0.1, -0.05) is 6.92 Å². The maximum absolute atomic E-state index is 11.9. The van der Waals surface area contributed by atoms with Gasteiger partial charge in [-0.2, -0.15) is 5.10 Å². The summed E-state index contributed by atoms with van der Waals surface area (Å²) in [6.07, 6.45) is 2.88. The molecule has 5 nitrogen and oxygen atoms in total. The van der Waals surface area contributed by atoms with Crippen LogP contribution in [0.1, 0.15) is 24.6 Å². The van der Waals surface area contributed by atoms with Crippen molar-refractivity contribution >= 4 is 11.6 Å². The summed E-state index contributed by atoms with van der Waals surface area (Å²) >= 11 is 0. The predicted octanol–water partition coefficient (Wildman–Crippen LogP) is 2.20. The number of benzene rings is 1.